The van der Waals surface area contributed by atoms with Crippen molar-refractivity contribution in [3.05, 3.63) is 194 Å². The van der Waals surface area contributed by atoms with Crippen molar-refractivity contribution >= 4 is 97.1 Å². The van der Waals surface area contributed by atoms with Gasteiger partial charge in [0.05, 0.1) is 11.4 Å². The fraction of sp³-hybridized carbons (Fsp3) is 0. The Labute approximate surface area is 310 Å². The molecule has 246 valence electrons. The van der Waals surface area contributed by atoms with Crippen LogP contribution in [-0.2, 0) is 0 Å². The van der Waals surface area contributed by atoms with E-state index in [1.807, 2.05) is 22.7 Å². The molecule has 2 nitrogen and oxygen atoms in total. The van der Waals surface area contributed by atoms with Crippen LogP contribution in [0.4, 0.5) is 34.1 Å². The summed E-state index contributed by atoms with van der Waals surface area (Å²) in [5.41, 5.74) is 9.28. The lowest BCUT2D eigenvalue weighted by Gasteiger charge is -2.27. The van der Waals surface area contributed by atoms with Gasteiger partial charge >= 0.3 is 0 Å². The Morgan fingerprint density at radius 1 is 0.288 bits per heavy atom. The van der Waals surface area contributed by atoms with Gasteiger partial charge in [-0.2, -0.15) is 0 Å². The topological polar surface area (TPSA) is 6.48 Å². The number of hydrogen-bond donors (Lipinski definition) is 0. The quantitative estimate of drug-likeness (QED) is 0.163. The number of fused-ring (bicyclic) bond motifs is 6. The van der Waals surface area contributed by atoms with E-state index in [4.69, 9.17) is 0 Å². The molecule has 0 fully saturated rings. The molecule has 0 spiro atoms. The summed E-state index contributed by atoms with van der Waals surface area (Å²) in [4.78, 5) is 4.84. The standard InChI is InChI=1S/C48H32N2S2/c1-4-14-33(15-5-1)34-26-28-37(29-27-34)50(41-21-12-24-45-47(41)39-20-10-11-23-43(39)51-45)38-30-31-44-40(32-38)48-42(22-13-25-46(48)52-44)49(35-16-6-2-7-17-35)36-18-8-3-9-19-36/h1-32H. The van der Waals surface area contributed by atoms with E-state index in [-0.39, 0.29) is 0 Å². The molecule has 2 aromatic heterocycles. The Balaban J connectivity index is 1.21. The van der Waals surface area contributed by atoms with Gasteiger partial charge in [-0.3, -0.25) is 0 Å². The maximum atomic E-state index is 2.45. The minimum Gasteiger partial charge on any atom is -0.310 e. The van der Waals surface area contributed by atoms with Crippen molar-refractivity contribution in [1.82, 2.24) is 0 Å². The number of thiophene rings is 2. The zero-order chi connectivity index (χ0) is 34.4. The first-order valence-electron chi connectivity index (χ1n) is 17.5. The number of para-hydroxylation sites is 2. The highest BCUT2D eigenvalue weighted by atomic mass is 32.1. The van der Waals surface area contributed by atoms with Crippen molar-refractivity contribution < 1.29 is 0 Å². The second-order valence-corrected chi connectivity index (χ2v) is 15.1. The first kappa shape index (κ1) is 30.6. The lowest BCUT2D eigenvalue weighted by Crippen LogP contribution is -2.10. The molecule has 0 aliphatic rings. The van der Waals surface area contributed by atoms with Crippen LogP contribution in [0, 0.1) is 0 Å². The number of nitrogens with zero attached hydrogens (tertiary/aromatic N) is 2. The summed E-state index contributed by atoms with van der Waals surface area (Å²) in [6, 6.07) is 70.3. The second-order valence-electron chi connectivity index (χ2n) is 12.9. The lowest BCUT2D eigenvalue weighted by atomic mass is 10.0. The smallest absolute Gasteiger partial charge is 0.0554 e. The third-order valence-electron chi connectivity index (χ3n) is 9.84. The Morgan fingerprint density at radius 3 is 1.37 bits per heavy atom. The predicted molar refractivity (Wildman–Crippen MR) is 227 cm³/mol. The molecule has 0 aliphatic carbocycles. The van der Waals surface area contributed by atoms with E-state index in [1.54, 1.807) is 0 Å². The summed E-state index contributed by atoms with van der Waals surface area (Å²) in [5.74, 6) is 0. The highest BCUT2D eigenvalue weighted by Crippen LogP contribution is 2.49. The summed E-state index contributed by atoms with van der Waals surface area (Å²) in [6.07, 6.45) is 0. The van der Waals surface area contributed by atoms with Crippen LogP contribution in [0.3, 0.4) is 0 Å². The minimum absolute atomic E-state index is 1.12. The molecule has 0 atom stereocenters. The molecular weight excluding hydrogens is 669 g/mol. The average Bonchev–Trinajstić information content (AvgIpc) is 3.79. The molecule has 8 aromatic carbocycles. The Morgan fingerprint density at radius 2 is 0.731 bits per heavy atom. The van der Waals surface area contributed by atoms with Crippen LogP contribution in [0.25, 0.3) is 51.5 Å². The molecule has 4 heteroatoms. The first-order chi connectivity index (χ1) is 25.8. The van der Waals surface area contributed by atoms with E-state index < -0.39 is 0 Å². The SMILES string of the molecule is c1ccc(-c2ccc(N(c3ccc4sc5cccc(N(c6ccccc6)c6ccccc6)c5c4c3)c3cccc4sc5ccccc5c34)cc2)cc1. The predicted octanol–water partition coefficient (Wildman–Crippen LogP) is 15.0. The van der Waals surface area contributed by atoms with Gasteiger partial charge in [-0.25, -0.2) is 0 Å². The van der Waals surface area contributed by atoms with E-state index in [1.165, 1.54) is 62.8 Å². The largest absolute Gasteiger partial charge is 0.310 e. The van der Waals surface area contributed by atoms with Crippen LogP contribution in [0.15, 0.2) is 194 Å². The number of hydrogen-bond acceptors (Lipinski definition) is 4. The molecule has 10 aromatic rings. The van der Waals surface area contributed by atoms with E-state index >= 15 is 0 Å². The van der Waals surface area contributed by atoms with Crippen molar-refractivity contribution in [2.24, 2.45) is 0 Å². The zero-order valence-electron chi connectivity index (χ0n) is 28.2. The highest BCUT2D eigenvalue weighted by molar-refractivity contribution is 7.26. The first-order valence-corrected chi connectivity index (χ1v) is 19.1. The third kappa shape index (κ3) is 5.24. The van der Waals surface area contributed by atoms with Gasteiger partial charge in [0.15, 0.2) is 0 Å². The third-order valence-corrected chi connectivity index (χ3v) is 12.1. The van der Waals surface area contributed by atoms with E-state index in [0.29, 0.717) is 0 Å². The van der Waals surface area contributed by atoms with Gasteiger partial charge in [-0.05, 0) is 96.1 Å². The van der Waals surface area contributed by atoms with Crippen LogP contribution in [0.5, 0.6) is 0 Å². The molecule has 0 radical (unpaired) electrons. The van der Waals surface area contributed by atoms with E-state index in [2.05, 4.69) is 204 Å². The van der Waals surface area contributed by atoms with Gasteiger partial charge in [0.1, 0.15) is 0 Å². The average molecular weight is 701 g/mol. The zero-order valence-corrected chi connectivity index (χ0v) is 29.8. The fourth-order valence-electron chi connectivity index (χ4n) is 7.51. The summed E-state index contributed by atoms with van der Waals surface area (Å²) in [5, 5.41) is 5.08. The number of benzene rings is 8. The van der Waals surface area contributed by atoms with Crippen LogP contribution < -0.4 is 9.80 Å². The second kappa shape index (κ2) is 12.8. The van der Waals surface area contributed by atoms with Gasteiger partial charge < -0.3 is 9.80 Å². The maximum absolute atomic E-state index is 2.45. The fourth-order valence-corrected chi connectivity index (χ4v) is 9.74. The number of anilines is 6. The van der Waals surface area contributed by atoms with Crippen molar-refractivity contribution in [2.45, 2.75) is 0 Å². The van der Waals surface area contributed by atoms with Crippen LogP contribution in [0.1, 0.15) is 0 Å². The Hall–Kier alpha value is -6.20. The molecule has 0 saturated heterocycles. The Kier molecular flexibility index (Phi) is 7.56. The molecule has 0 aliphatic heterocycles. The van der Waals surface area contributed by atoms with Gasteiger partial charge in [0, 0.05) is 63.1 Å². The van der Waals surface area contributed by atoms with Gasteiger partial charge in [0.25, 0.3) is 0 Å². The van der Waals surface area contributed by atoms with Gasteiger partial charge in [0.2, 0.25) is 0 Å². The monoisotopic (exact) mass is 700 g/mol. The van der Waals surface area contributed by atoms with Crippen molar-refractivity contribution in [3.8, 4) is 11.1 Å². The van der Waals surface area contributed by atoms with Crippen LogP contribution in [-0.4, -0.2) is 0 Å². The van der Waals surface area contributed by atoms with Crippen LogP contribution >= 0.6 is 22.7 Å². The molecular formula is C48H32N2S2. The molecule has 0 amide bonds. The molecule has 52 heavy (non-hydrogen) atoms. The van der Waals surface area contributed by atoms with Crippen molar-refractivity contribution in [2.75, 3.05) is 9.80 Å². The summed E-state index contributed by atoms with van der Waals surface area (Å²) < 4.78 is 5.13. The molecule has 0 saturated carbocycles. The molecule has 10 rings (SSSR count). The van der Waals surface area contributed by atoms with Gasteiger partial charge in [-0.1, -0.05) is 109 Å². The number of rotatable bonds is 7. The van der Waals surface area contributed by atoms with E-state index in [0.717, 1.165) is 22.7 Å². The molecule has 0 unspecified atom stereocenters. The van der Waals surface area contributed by atoms with Gasteiger partial charge in [-0.15, -0.1) is 22.7 Å². The minimum atomic E-state index is 1.12. The Bertz CT molecular complexity index is 2800. The lowest BCUT2D eigenvalue weighted by molar-refractivity contribution is 1.30. The van der Waals surface area contributed by atoms with Crippen LogP contribution in [0.2, 0.25) is 0 Å². The summed E-state index contributed by atoms with van der Waals surface area (Å²) >= 11 is 3.72. The van der Waals surface area contributed by atoms with Crippen molar-refractivity contribution in [1.29, 1.82) is 0 Å². The molecule has 0 bridgehead atoms. The normalized spacial score (nSPS) is 11.5. The molecule has 2 heterocycles. The maximum Gasteiger partial charge on any atom is 0.0554 e. The summed E-state index contributed by atoms with van der Waals surface area (Å²) in [7, 11) is 0. The highest BCUT2D eigenvalue weighted by Gasteiger charge is 2.22. The van der Waals surface area contributed by atoms with Crippen molar-refractivity contribution in [3.63, 3.8) is 0 Å². The van der Waals surface area contributed by atoms with E-state index in [9.17, 15) is 0 Å². The molecule has 0 N–H and O–H groups in total. The summed E-state index contributed by atoms with van der Waals surface area (Å²) in [6.45, 7) is 0.